The Hall–Kier alpha value is -3.24. The van der Waals surface area contributed by atoms with Gasteiger partial charge in [-0.25, -0.2) is 13.4 Å². The first-order valence-corrected chi connectivity index (χ1v) is 12.3. The number of sulfonamides is 1. The number of nitrogens with one attached hydrogen (secondary N) is 1. The fourth-order valence-electron chi connectivity index (χ4n) is 3.81. The number of rotatable bonds is 6. The molecular formula is C22H27N6O3S+. The molecule has 0 aromatic heterocycles. The number of para-hydroxylation sites is 1. The van der Waals surface area contributed by atoms with E-state index in [0.29, 0.717) is 28.8 Å². The molecule has 32 heavy (non-hydrogen) atoms. The van der Waals surface area contributed by atoms with Gasteiger partial charge in [-0.3, -0.25) is 10.5 Å². The van der Waals surface area contributed by atoms with E-state index >= 15 is 0 Å². The molecule has 0 bridgehead atoms. The van der Waals surface area contributed by atoms with Crippen LogP contribution in [0.5, 0.6) is 0 Å². The maximum Gasteiger partial charge on any atom is 0.326 e. The highest BCUT2D eigenvalue weighted by Gasteiger charge is 2.24. The van der Waals surface area contributed by atoms with Crippen LogP contribution < -0.4 is 15.4 Å². The number of aliphatic hydroxyl groups excluding tert-OH is 1. The molecule has 2 aromatic carbocycles. The summed E-state index contributed by atoms with van der Waals surface area (Å²) < 4.78 is 28.1. The minimum atomic E-state index is -3.51. The summed E-state index contributed by atoms with van der Waals surface area (Å²) >= 11 is 0. The molecule has 2 heterocycles. The highest BCUT2D eigenvalue weighted by atomic mass is 32.2. The summed E-state index contributed by atoms with van der Waals surface area (Å²) in [4.78, 5) is 6.78. The van der Waals surface area contributed by atoms with Gasteiger partial charge in [0.1, 0.15) is 6.21 Å². The van der Waals surface area contributed by atoms with Gasteiger partial charge in [-0.2, -0.15) is 0 Å². The Morgan fingerprint density at radius 2 is 1.94 bits per heavy atom. The molecule has 0 spiro atoms. The number of hydrogen-bond acceptors (Lipinski definition) is 7. The zero-order valence-corrected chi connectivity index (χ0v) is 18.7. The lowest BCUT2D eigenvalue weighted by atomic mass is 9.97. The molecule has 10 heteroatoms. The number of hydrogen-bond donors (Lipinski definition) is 3. The second kappa shape index (κ2) is 9.09. The van der Waals surface area contributed by atoms with Crippen molar-refractivity contribution >= 4 is 50.5 Å². The average Bonchev–Trinajstić information content (AvgIpc) is 3.14. The Kier molecular flexibility index (Phi) is 6.24. The number of piperidine rings is 1. The third-order valence-corrected chi connectivity index (χ3v) is 6.13. The van der Waals surface area contributed by atoms with Crippen molar-refractivity contribution < 1.29 is 18.2 Å². The lowest BCUT2D eigenvalue weighted by Crippen LogP contribution is -2.34. The Bertz CT molecular complexity index is 1180. The number of aliphatic imine (C=N–C) groups is 1. The Labute approximate surface area is 187 Å². The summed E-state index contributed by atoms with van der Waals surface area (Å²) in [6.45, 7) is 1.80. The normalized spacial score (nSPS) is 18.6. The number of nitrogens with two attached hydrogens (primary N) is 1. The zero-order valence-electron chi connectivity index (χ0n) is 17.8. The maximum atomic E-state index is 12.0. The lowest BCUT2D eigenvalue weighted by Gasteiger charge is -2.33. The Morgan fingerprint density at radius 3 is 2.59 bits per heavy atom. The van der Waals surface area contributed by atoms with E-state index in [9.17, 15) is 13.5 Å². The van der Waals surface area contributed by atoms with Crippen LogP contribution in [0.3, 0.4) is 0 Å². The van der Waals surface area contributed by atoms with E-state index in [4.69, 9.17) is 5.73 Å². The predicted octanol–water partition coefficient (Wildman–Crippen LogP) is 2.04. The topological polar surface area (TPSA) is 123 Å². The van der Waals surface area contributed by atoms with Gasteiger partial charge in [-0.15, -0.1) is 0 Å². The highest BCUT2D eigenvalue weighted by molar-refractivity contribution is 7.92. The fourth-order valence-corrected chi connectivity index (χ4v) is 4.38. The number of amidine groups is 1. The second-order valence-corrected chi connectivity index (χ2v) is 9.71. The third-order valence-electron chi connectivity index (χ3n) is 5.54. The largest absolute Gasteiger partial charge is 0.396 e. The summed E-state index contributed by atoms with van der Waals surface area (Å²) in [6.07, 6.45) is 4.46. The van der Waals surface area contributed by atoms with E-state index in [0.717, 1.165) is 43.6 Å². The van der Waals surface area contributed by atoms with Crippen LogP contribution in [0.15, 0.2) is 58.6 Å². The van der Waals surface area contributed by atoms with E-state index in [-0.39, 0.29) is 6.61 Å². The van der Waals surface area contributed by atoms with Crippen LogP contribution in [0.1, 0.15) is 12.8 Å². The fraction of sp³-hybridized carbons (Fsp3) is 0.318. The summed E-state index contributed by atoms with van der Waals surface area (Å²) in [5.74, 6) is 0.676. The first-order valence-electron chi connectivity index (χ1n) is 10.4. The predicted molar refractivity (Wildman–Crippen MR) is 128 cm³/mol. The number of benzene rings is 2. The molecule has 1 saturated heterocycles. The molecule has 2 aromatic rings. The van der Waals surface area contributed by atoms with E-state index in [1.54, 1.807) is 23.0 Å². The molecule has 2 aliphatic heterocycles. The number of nitrogens with zero attached hydrogens (tertiary/aromatic N) is 4. The third kappa shape index (κ3) is 4.97. The molecule has 0 aliphatic carbocycles. The van der Waals surface area contributed by atoms with Crippen LogP contribution in [-0.4, -0.2) is 61.9 Å². The van der Waals surface area contributed by atoms with Gasteiger partial charge < -0.3 is 10.0 Å². The second-order valence-electron chi connectivity index (χ2n) is 7.96. The molecule has 4 rings (SSSR count). The van der Waals surface area contributed by atoms with Crippen LogP contribution in [0.2, 0.25) is 0 Å². The van der Waals surface area contributed by atoms with Gasteiger partial charge in [0, 0.05) is 25.4 Å². The summed E-state index contributed by atoms with van der Waals surface area (Å²) in [6, 6.07) is 15.0. The average molecular weight is 456 g/mol. The molecule has 1 fully saturated rings. The molecule has 9 nitrogen and oxygen atoms in total. The van der Waals surface area contributed by atoms with Gasteiger partial charge >= 0.3 is 5.84 Å². The summed E-state index contributed by atoms with van der Waals surface area (Å²) in [7, 11) is -3.51. The summed E-state index contributed by atoms with van der Waals surface area (Å²) in [5, 5.41) is 13.7. The Morgan fingerprint density at radius 1 is 1.22 bits per heavy atom. The van der Waals surface area contributed by atoms with Crippen LogP contribution >= 0.6 is 0 Å². The first kappa shape index (κ1) is 22.0. The monoisotopic (exact) mass is 455 g/mol. The van der Waals surface area contributed by atoms with Crippen molar-refractivity contribution in [3.63, 3.8) is 0 Å². The van der Waals surface area contributed by atoms with Crippen LogP contribution in [0.25, 0.3) is 0 Å². The highest BCUT2D eigenvalue weighted by Crippen LogP contribution is 2.33. The van der Waals surface area contributed by atoms with Gasteiger partial charge in [-0.1, -0.05) is 28.0 Å². The molecule has 4 N–H and O–H groups in total. The number of anilines is 2. The molecule has 0 amide bonds. The van der Waals surface area contributed by atoms with Gasteiger partial charge in [0.25, 0.3) is 0 Å². The van der Waals surface area contributed by atoms with Crippen LogP contribution in [0.4, 0.5) is 22.7 Å². The van der Waals surface area contributed by atoms with Gasteiger partial charge in [-0.05, 0) is 49.1 Å². The minimum Gasteiger partial charge on any atom is -0.396 e. The zero-order chi connectivity index (χ0) is 22.7. The van der Waals surface area contributed by atoms with Crippen molar-refractivity contribution in [1.82, 2.24) is 0 Å². The molecule has 2 aliphatic rings. The van der Waals surface area contributed by atoms with Gasteiger partial charge in [0.05, 0.1) is 17.6 Å². The van der Waals surface area contributed by atoms with E-state index in [1.165, 1.54) is 0 Å². The lowest BCUT2D eigenvalue weighted by molar-refractivity contribution is -0.441. The van der Waals surface area contributed by atoms with Gasteiger partial charge in [0.2, 0.25) is 10.0 Å². The molecule has 0 unspecified atom stereocenters. The minimum absolute atomic E-state index is 0.199. The maximum absolute atomic E-state index is 12.0. The molecule has 0 saturated carbocycles. The first-order chi connectivity index (χ1) is 15.3. The van der Waals surface area contributed by atoms with Gasteiger partial charge in [0.15, 0.2) is 11.4 Å². The van der Waals surface area contributed by atoms with Crippen molar-refractivity contribution in [2.24, 2.45) is 21.7 Å². The van der Waals surface area contributed by atoms with Crippen molar-refractivity contribution in [2.75, 3.05) is 35.6 Å². The van der Waals surface area contributed by atoms with E-state index in [1.807, 2.05) is 36.4 Å². The summed E-state index contributed by atoms with van der Waals surface area (Å²) in [5.41, 5.74) is 9.25. The van der Waals surface area contributed by atoms with Crippen LogP contribution in [-0.2, 0) is 10.0 Å². The van der Waals surface area contributed by atoms with Crippen molar-refractivity contribution in [3.05, 3.63) is 48.5 Å². The number of hydrazone groups is 1. The van der Waals surface area contributed by atoms with Crippen molar-refractivity contribution in [3.8, 4) is 0 Å². The molecule has 0 atom stereocenters. The van der Waals surface area contributed by atoms with E-state index < -0.39 is 10.0 Å². The standard InChI is InChI=1S/C22H26N6O3S/c1-32(30,31)26-20-13-18(27-11-9-16(15-29)10-12-27)7-8-19(20)25-21-14-24-28(22(21)23)17-5-3-2-4-6-17/h2-8,13-14,16,29H,9-12,15H2,1H3,(H2,23,24,26)/p+1. The SMILES string of the molecule is CS(=O)(=O)Nc1cc(N2CCC(CO)CC2)ccc1N=C1C=N[N+](c2ccccc2)=C1N. The smallest absolute Gasteiger partial charge is 0.326 e. The molecule has 0 radical (unpaired) electrons. The molecule has 168 valence electrons. The van der Waals surface area contributed by atoms with Crippen molar-refractivity contribution in [2.45, 2.75) is 12.8 Å². The molecular weight excluding hydrogens is 428 g/mol. The van der Waals surface area contributed by atoms with Crippen molar-refractivity contribution in [1.29, 1.82) is 0 Å². The number of aliphatic hydroxyl groups is 1. The van der Waals surface area contributed by atoms with Crippen LogP contribution in [0, 0.1) is 5.92 Å². The quantitative estimate of drug-likeness (QED) is 0.575. The van der Waals surface area contributed by atoms with E-state index in [2.05, 4.69) is 19.7 Å². The Balaban J connectivity index is 1.66.